The summed E-state index contributed by atoms with van der Waals surface area (Å²) in [5.41, 5.74) is 5.41. The molecule has 0 atom stereocenters. The first-order valence-electron chi connectivity index (χ1n) is 6.40. The highest BCUT2D eigenvalue weighted by Crippen LogP contribution is 2.29. The highest BCUT2D eigenvalue weighted by atomic mass is 79.9. The summed E-state index contributed by atoms with van der Waals surface area (Å²) in [6.07, 6.45) is 6.17. The zero-order valence-corrected chi connectivity index (χ0v) is 13.8. The number of carbonyl (C=O) groups excluding carboxylic acids is 1. The van der Waals surface area contributed by atoms with E-state index in [2.05, 4.69) is 21.2 Å². The molecule has 104 valence electrons. The van der Waals surface area contributed by atoms with E-state index in [1.165, 1.54) is 24.2 Å². The molecule has 19 heavy (non-hydrogen) atoms. The number of hydrogen-bond donors (Lipinski definition) is 2. The Morgan fingerprint density at radius 2 is 2.00 bits per heavy atom. The molecular weight excluding hydrogens is 344 g/mol. The van der Waals surface area contributed by atoms with Gasteiger partial charge in [-0.15, -0.1) is 11.3 Å². The minimum atomic E-state index is -0.508. The van der Waals surface area contributed by atoms with Gasteiger partial charge in [0.1, 0.15) is 4.88 Å². The lowest BCUT2D eigenvalue weighted by molar-refractivity contribution is 0.0921. The summed E-state index contributed by atoms with van der Waals surface area (Å²) in [4.78, 5) is 13.5. The van der Waals surface area contributed by atoms with Crippen molar-refractivity contribution in [2.45, 2.75) is 44.1 Å². The molecule has 0 bridgehead atoms. The van der Waals surface area contributed by atoms with Gasteiger partial charge < -0.3 is 11.1 Å². The molecule has 1 aliphatic rings. The molecule has 2 rings (SSSR count). The third-order valence-corrected chi connectivity index (χ3v) is 5.83. The van der Waals surface area contributed by atoms with Crippen molar-refractivity contribution in [1.82, 2.24) is 5.32 Å². The Kier molecular flexibility index (Phi) is 4.97. The van der Waals surface area contributed by atoms with Crippen LogP contribution in [0.3, 0.4) is 0 Å². The lowest BCUT2D eigenvalue weighted by atomic mass is 9.90. The second-order valence-corrected chi connectivity index (χ2v) is 7.12. The second kappa shape index (κ2) is 6.33. The topological polar surface area (TPSA) is 55.1 Å². The molecule has 3 N–H and O–H groups in total. The summed E-state index contributed by atoms with van der Waals surface area (Å²) in [7, 11) is 0. The van der Waals surface area contributed by atoms with Crippen LogP contribution in [0.2, 0.25) is 0 Å². The van der Waals surface area contributed by atoms with Crippen molar-refractivity contribution < 1.29 is 4.79 Å². The average molecular weight is 361 g/mol. The van der Waals surface area contributed by atoms with Gasteiger partial charge in [0.25, 0.3) is 5.91 Å². The third kappa shape index (κ3) is 3.35. The average Bonchev–Trinajstić information content (AvgIpc) is 2.64. The maximum Gasteiger partial charge on any atom is 0.263 e. The van der Waals surface area contributed by atoms with Crippen LogP contribution in [0.15, 0.2) is 15.9 Å². The lowest BCUT2D eigenvalue weighted by Crippen LogP contribution is -2.56. The summed E-state index contributed by atoms with van der Waals surface area (Å²) in [6, 6.07) is 1.88. The van der Waals surface area contributed by atoms with Crippen LogP contribution in [0, 0.1) is 0 Å². The normalized spacial score (nSPS) is 18.6. The number of hydrogen-bond acceptors (Lipinski definition) is 3. The quantitative estimate of drug-likeness (QED) is 0.639. The predicted octanol–water partition coefficient (Wildman–Crippen LogP) is 3.62. The van der Waals surface area contributed by atoms with Crippen LogP contribution in [-0.2, 0) is 0 Å². The minimum Gasteiger partial charge on any atom is -0.391 e. The first-order valence-corrected chi connectivity index (χ1v) is 8.49. The molecule has 6 heteroatoms. The molecule has 1 amide bonds. The molecule has 0 aliphatic heterocycles. The van der Waals surface area contributed by atoms with Crippen LogP contribution >= 0.6 is 39.5 Å². The number of thiophene rings is 1. The number of rotatable bonds is 3. The molecule has 0 unspecified atom stereocenters. The number of carbonyl (C=O) groups is 1. The van der Waals surface area contributed by atoms with Crippen molar-refractivity contribution in [3.63, 3.8) is 0 Å². The fraction of sp³-hybridized carbons (Fsp3) is 0.538. The molecule has 0 saturated heterocycles. The molecule has 1 heterocycles. The van der Waals surface area contributed by atoms with Crippen molar-refractivity contribution >= 4 is 50.4 Å². The molecular formula is C13H17BrN2OS2. The maximum absolute atomic E-state index is 12.4. The van der Waals surface area contributed by atoms with Gasteiger partial charge in [0.15, 0.2) is 0 Å². The second-order valence-electron chi connectivity index (χ2n) is 4.91. The van der Waals surface area contributed by atoms with Crippen LogP contribution in [0.4, 0.5) is 0 Å². The van der Waals surface area contributed by atoms with Gasteiger partial charge >= 0.3 is 0 Å². The molecule has 1 aromatic heterocycles. The first-order chi connectivity index (χ1) is 9.05. The van der Waals surface area contributed by atoms with Crippen LogP contribution in [0.5, 0.6) is 0 Å². The van der Waals surface area contributed by atoms with E-state index in [4.69, 9.17) is 18.0 Å². The molecule has 0 aromatic carbocycles. The Bertz CT molecular complexity index is 479. The summed E-state index contributed by atoms with van der Waals surface area (Å²) in [5, 5.41) is 4.98. The molecule has 1 aliphatic carbocycles. The molecule has 1 fully saturated rings. The van der Waals surface area contributed by atoms with Crippen LogP contribution in [-0.4, -0.2) is 16.4 Å². The van der Waals surface area contributed by atoms with Gasteiger partial charge in [-0.25, -0.2) is 0 Å². The zero-order valence-electron chi connectivity index (χ0n) is 10.6. The van der Waals surface area contributed by atoms with E-state index in [1.807, 2.05) is 11.4 Å². The van der Waals surface area contributed by atoms with E-state index in [9.17, 15) is 4.79 Å². The number of nitrogens with two attached hydrogens (primary N) is 1. The standard InChI is InChI=1S/C13H17BrN2OS2/c14-9-5-8-19-10(9)11(17)16-13(12(15)18)6-3-1-2-4-7-13/h5,8H,1-4,6-7H2,(H2,15,18)(H,16,17). The number of nitrogens with one attached hydrogen (secondary N) is 1. The van der Waals surface area contributed by atoms with Gasteiger partial charge in [0, 0.05) is 4.47 Å². The van der Waals surface area contributed by atoms with E-state index in [-0.39, 0.29) is 5.91 Å². The van der Waals surface area contributed by atoms with Crippen LogP contribution in [0.25, 0.3) is 0 Å². The Morgan fingerprint density at radius 1 is 1.37 bits per heavy atom. The summed E-state index contributed by atoms with van der Waals surface area (Å²) >= 11 is 10.0. The predicted molar refractivity (Wildman–Crippen MR) is 86.7 cm³/mol. The Labute approximate surface area is 131 Å². The van der Waals surface area contributed by atoms with Crippen LogP contribution < -0.4 is 11.1 Å². The van der Waals surface area contributed by atoms with E-state index in [1.54, 1.807) is 0 Å². The van der Waals surface area contributed by atoms with E-state index < -0.39 is 5.54 Å². The maximum atomic E-state index is 12.4. The van der Waals surface area contributed by atoms with Gasteiger partial charge in [-0.2, -0.15) is 0 Å². The third-order valence-electron chi connectivity index (χ3n) is 3.60. The van der Waals surface area contributed by atoms with Crippen molar-refractivity contribution in [3.05, 3.63) is 20.8 Å². The van der Waals surface area contributed by atoms with Crippen molar-refractivity contribution in [2.24, 2.45) is 5.73 Å². The summed E-state index contributed by atoms with van der Waals surface area (Å²) < 4.78 is 0.821. The van der Waals surface area contributed by atoms with Gasteiger partial charge in [-0.1, -0.05) is 37.9 Å². The van der Waals surface area contributed by atoms with Crippen molar-refractivity contribution in [1.29, 1.82) is 0 Å². The van der Waals surface area contributed by atoms with Gasteiger partial charge in [-0.05, 0) is 40.2 Å². The Balaban J connectivity index is 2.19. The number of amides is 1. The fourth-order valence-electron chi connectivity index (χ4n) is 2.49. The number of thiocarbonyl (C=S) groups is 1. The van der Waals surface area contributed by atoms with Crippen molar-refractivity contribution in [3.8, 4) is 0 Å². The zero-order chi connectivity index (χ0) is 13.9. The largest absolute Gasteiger partial charge is 0.391 e. The first kappa shape index (κ1) is 14.9. The van der Waals surface area contributed by atoms with E-state index >= 15 is 0 Å². The Morgan fingerprint density at radius 3 is 2.47 bits per heavy atom. The highest BCUT2D eigenvalue weighted by molar-refractivity contribution is 9.10. The smallest absolute Gasteiger partial charge is 0.263 e. The molecule has 3 nitrogen and oxygen atoms in total. The van der Waals surface area contributed by atoms with Gasteiger partial charge in [0.2, 0.25) is 0 Å². The molecule has 1 aromatic rings. The Hall–Kier alpha value is -0.460. The van der Waals surface area contributed by atoms with Crippen LogP contribution in [0.1, 0.15) is 48.2 Å². The monoisotopic (exact) mass is 360 g/mol. The SMILES string of the molecule is NC(=S)C1(NC(=O)c2sccc2Br)CCCCCC1. The molecule has 0 spiro atoms. The summed E-state index contributed by atoms with van der Waals surface area (Å²) in [6.45, 7) is 0. The van der Waals surface area contributed by atoms with E-state index in [0.29, 0.717) is 9.87 Å². The highest BCUT2D eigenvalue weighted by Gasteiger charge is 2.36. The minimum absolute atomic E-state index is 0.0865. The van der Waals surface area contributed by atoms with E-state index in [0.717, 1.165) is 30.2 Å². The van der Waals surface area contributed by atoms with Gasteiger partial charge in [0.05, 0.1) is 10.5 Å². The molecule has 0 radical (unpaired) electrons. The summed E-state index contributed by atoms with van der Waals surface area (Å²) in [5.74, 6) is -0.0865. The fourth-order valence-corrected chi connectivity index (χ4v) is 4.20. The number of halogens is 1. The van der Waals surface area contributed by atoms with Crippen molar-refractivity contribution in [2.75, 3.05) is 0 Å². The lowest BCUT2D eigenvalue weighted by Gasteiger charge is -2.32. The van der Waals surface area contributed by atoms with Gasteiger partial charge in [-0.3, -0.25) is 4.79 Å². The molecule has 1 saturated carbocycles.